The molecule has 2 aliphatic heterocycles. The second-order valence-electron chi connectivity index (χ2n) is 8.03. The molecule has 0 aliphatic carbocycles. The molecule has 160 valence electrons. The van der Waals surface area contributed by atoms with Crippen LogP contribution in [0.15, 0.2) is 24.3 Å². The number of hydrogen-bond acceptors (Lipinski definition) is 4. The average molecular weight is 406 g/mol. The van der Waals surface area contributed by atoms with Crippen molar-refractivity contribution in [2.24, 2.45) is 5.92 Å². The van der Waals surface area contributed by atoms with Crippen LogP contribution in [0.4, 0.5) is 4.39 Å². The minimum Gasteiger partial charge on any atom is -0.385 e. The molecule has 2 fully saturated rings. The summed E-state index contributed by atoms with van der Waals surface area (Å²) in [5.41, 5.74) is 0.552. The molecule has 6 nitrogen and oxygen atoms in total. The Morgan fingerprint density at radius 1 is 1.24 bits per heavy atom. The Morgan fingerprint density at radius 2 is 2.00 bits per heavy atom. The summed E-state index contributed by atoms with van der Waals surface area (Å²) in [5.74, 6) is 0.236. The molecule has 1 aromatic carbocycles. The highest BCUT2D eigenvalue weighted by atomic mass is 19.1. The fourth-order valence-corrected chi connectivity index (χ4v) is 4.30. The summed E-state index contributed by atoms with van der Waals surface area (Å²) in [6.45, 7) is 3.74. The summed E-state index contributed by atoms with van der Waals surface area (Å²) < 4.78 is 19.2. The van der Waals surface area contributed by atoms with Crippen LogP contribution in [0.25, 0.3) is 0 Å². The fourth-order valence-electron chi connectivity index (χ4n) is 4.30. The molecule has 7 heteroatoms. The fraction of sp³-hybridized carbons (Fsp3) is 0.636. The third-order valence-electron chi connectivity index (χ3n) is 6.07. The Labute approximate surface area is 172 Å². The highest BCUT2D eigenvalue weighted by Gasteiger charge is 2.34. The van der Waals surface area contributed by atoms with Crippen LogP contribution in [0.2, 0.25) is 0 Å². The lowest BCUT2D eigenvalue weighted by atomic mass is 9.92. The number of piperazine rings is 1. The molecule has 0 radical (unpaired) electrons. The highest BCUT2D eigenvalue weighted by molar-refractivity contribution is 5.88. The summed E-state index contributed by atoms with van der Waals surface area (Å²) in [5, 5.41) is 2.85. The molecule has 1 N–H and O–H groups in total. The van der Waals surface area contributed by atoms with Crippen LogP contribution in [0.3, 0.4) is 0 Å². The number of amides is 2. The predicted octanol–water partition coefficient (Wildman–Crippen LogP) is 2.18. The van der Waals surface area contributed by atoms with Gasteiger partial charge in [-0.2, -0.15) is 0 Å². The highest BCUT2D eigenvalue weighted by Crippen LogP contribution is 2.23. The maximum absolute atomic E-state index is 14.1. The Balaban J connectivity index is 1.54. The van der Waals surface area contributed by atoms with Gasteiger partial charge < -0.3 is 15.0 Å². The summed E-state index contributed by atoms with van der Waals surface area (Å²) in [7, 11) is 1.72. The first-order valence-corrected chi connectivity index (χ1v) is 10.6. The molecule has 0 spiro atoms. The van der Waals surface area contributed by atoms with Crippen molar-refractivity contribution in [1.82, 2.24) is 15.1 Å². The van der Waals surface area contributed by atoms with Gasteiger partial charge in [0.15, 0.2) is 0 Å². The lowest BCUT2D eigenvalue weighted by Crippen LogP contribution is -2.56. The number of ether oxygens (including phenoxy) is 1. The van der Waals surface area contributed by atoms with E-state index in [0.29, 0.717) is 31.1 Å². The quantitative estimate of drug-likeness (QED) is 0.674. The molecular formula is C22H32FN3O3. The second-order valence-corrected chi connectivity index (χ2v) is 8.03. The normalized spacial score (nSPS) is 21.2. The minimum atomic E-state index is -0.546. The van der Waals surface area contributed by atoms with Gasteiger partial charge in [-0.3, -0.25) is 14.5 Å². The Kier molecular flexibility index (Phi) is 8.00. The number of hydrogen-bond donors (Lipinski definition) is 1. The van der Waals surface area contributed by atoms with Crippen LogP contribution in [0.1, 0.15) is 37.7 Å². The Morgan fingerprint density at radius 3 is 2.72 bits per heavy atom. The van der Waals surface area contributed by atoms with E-state index in [0.717, 1.165) is 45.4 Å². The molecule has 2 amide bonds. The van der Waals surface area contributed by atoms with Crippen molar-refractivity contribution in [1.29, 1.82) is 0 Å². The molecule has 2 saturated heterocycles. The maximum Gasteiger partial charge on any atom is 0.237 e. The van der Waals surface area contributed by atoms with Gasteiger partial charge >= 0.3 is 0 Å². The van der Waals surface area contributed by atoms with Gasteiger partial charge in [-0.05, 0) is 37.7 Å². The average Bonchev–Trinajstić information content (AvgIpc) is 2.73. The van der Waals surface area contributed by atoms with Crippen molar-refractivity contribution in [2.75, 3.05) is 39.9 Å². The van der Waals surface area contributed by atoms with Gasteiger partial charge in [-0.15, -0.1) is 0 Å². The first kappa shape index (κ1) is 21.7. The standard InChI is InChI=1S/C22H32FN3O3/c1-29-14-4-5-17-8-11-25(12-9-17)21(27)15-20-22(28)24-10-13-26(20)16-18-6-2-3-7-19(18)23/h2-3,6-7,17,20H,4-5,8-16H2,1H3,(H,24,28). The number of nitrogens with one attached hydrogen (secondary N) is 1. The van der Waals surface area contributed by atoms with Gasteiger partial charge in [-0.25, -0.2) is 4.39 Å². The smallest absolute Gasteiger partial charge is 0.237 e. The van der Waals surface area contributed by atoms with E-state index in [1.807, 2.05) is 9.80 Å². The van der Waals surface area contributed by atoms with Crippen LogP contribution in [0, 0.1) is 11.7 Å². The molecule has 0 bridgehead atoms. The van der Waals surface area contributed by atoms with Crippen molar-refractivity contribution in [3.05, 3.63) is 35.6 Å². The number of methoxy groups -OCH3 is 1. The summed E-state index contributed by atoms with van der Waals surface area (Å²) >= 11 is 0. The monoisotopic (exact) mass is 405 g/mol. The lowest BCUT2D eigenvalue weighted by molar-refractivity contribution is -0.140. The van der Waals surface area contributed by atoms with E-state index in [1.165, 1.54) is 6.07 Å². The van der Waals surface area contributed by atoms with Gasteiger partial charge in [0, 0.05) is 52.0 Å². The van der Waals surface area contributed by atoms with Gasteiger partial charge in [0.1, 0.15) is 5.82 Å². The summed E-state index contributed by atoms with van der Waals surface area (Å²) in [6, 6.07) is 6.06. The zero-order chi connectivity index (χ0) is 20.6. The van der Waals surface area contributed by atoms with E-state index in [9.17, 15) is 14.0 Å². The molecule has 1 atom stereocenters. The summed E-state index contributed by atoms with van der Waals surface area (Å²) in [6.07, 6.45) is 4.35. The molecule has 0 aromatic heterocycles. The minimum absolute atomic E-state index is 0.0147. The number of rotatable bonds is 8. The molecule has 1 unspecified atom stereocenters. The molecule has 2 aliphatic rings. The predicted molar refractivity (Wildman–Crippen MR) is 109 cm³/mol. The third-order valence-corrected chi connectivity index (χ3v) is 6.07. The number of benzene rings is 1. The van der Waals surface area contributed by atoms with E-state index < -0.39 is 6.04 Å². The number of halogens is 1. The van der Waals surface area contributed by atoms with E-state index in [2.05, 4.69) is 5.32 Å². The van der Waals surface area contributed by atoms with Crippen LogP contribution in [-0.4, -0.2) is 67.6 Å². The molecular weight excluding hydrogens is 373 g/mol. The Hall–Kier alpha value is -1.99. The van der Waals surface area contributed by atoms with E-state index in [4.69, 9.17) is 4.74 Å². The Bertz CT molecular complexity index is 692. The zero-order valence-corrected chi connectivity index (χ0v) is 17.2. The summed E-state index contributed by atoms with van der Waals surface area (Å²) in [4.78, 5) is 29.1. The van der Waals surface area contributed by atoms with Gasteiger partial charge in [0.05, 0.1) is 12.5 Å². The largest absolute Gasteiger partial charge is 0.385 e. The molecule has 0 saturated carbocycles. The van der Waals surface area contributed by atoms with Crippen molar-refractivity contribution >= 4 is 11.8 Å². The van der Waals surface area contributed by atoms with Crippen LogP contribution in [-0.2, 0) is 20.9 Å². The van der Waals surface area contributed by atoms with Gasteiger partial charge in [0.25, 0.3) is 0 Å². The third kappa shape index (κ3) is 6.00. The van der Waals surface area contributed by atoms with E-state index in [1.54, 1.807) is 25.3 Å². The number of piperidine rings is 1. The maximum atomic E-state index is 14.1. The molecule has 29 heavy (non-hydrogen) atoms. The van der Waals surface area contributed by atoms with Crippen molar-refractivity contribution < 1.29 is 18.7 Å². The van der Waals surface area contributed by atoms with Crippen LogP contribution < -0.4 is 5.32 Å². The first-order chi connectivity index (χ1) is 14.1. The second kappa shape index (κ2) is 10.7. The zero-order valence-electron chi connectivity index (χ0n) is 17.2. The van der Waals surface area contributed by atoms with Crippen molar-refractivity contribution in [3.8, 4) is 0 Å². The molecule has 3 rings (SSSR count). The number of carbonyl (C=O) groups is 2. The van der Waals surface area contributed by atoms with Gasteiger partial charge in [-0.1, -0.05) is 18.2 Å². The number of carbonyl (C=O) groups excluding carboxylic acids is 2. The topological polar surface area (TPSA) is 61.9 Å². The number of likely N-dealkylation sites (tertiary alicyclic amines) is 1. The van der Waals surface area contributed by atoms with Crippen molar-refractivity contribution in [3.63, 3.8) is 0 Å². The van der Waals surface area contributed by atoms with Crippen LogP contribution in [0.5, 0.6) is 0 Å². The first-order valence-electron chi connectivity index (χ1n) is 10.6. The van der Waals surface area contributed by atoms with E-state index in [-0.39, 0.29) is 24.1 Å². The lowest BCUT2D eigenvalue weighted by Gasteiger charge is -2.37. The van der Waals surface area contributed by atoms with Crippen LogP contribution >= 0.6 is 0 Å². The molecule has 1 aromatic rings. The number of nitrogens with zero attached hydrogens (tertiary/aromatic N) is 2. The molecule has 2 heterocycles. The SMILES string of the molecule is COCCCC1CCN(C(=O)CC2C(=O)NCCN2Cc2ccccc2F)CC1. The van der Waals surface area contributed by atoms with Crippen molar-refractivity contribution in [2.45, 2.75) is 44.7 Å². The van der Waals surface area contributed by atoms with Gasteiger partial charge in [0.2, 0.25) is 11.8 Å². The van der Waals surface area contributed by atoms with E-state index >= 15 is 0 Å².